The maximum Gasteiger partial charge on any atom is 0.225 e. The molecule has 1 saturated heterocycles. The Balaban J connectivity index is 2.11. The zero-order chi connectivity index (χ0) is 14.6. The molecule has 1 aromatic carbocycles. The lowest BCUT2D eigenvalue weighted by Gasteiger charge is -2.31. The third kappa shape index (κ3) is 3.31. The molecule has 1 fully saturated rings. The summed E-state index contributed by atoms with van der Waals surface area (Å²) in [4.78, 5) is 12.4. The molecule has 2 N–H and O–H groups in total. The summed E-state index contributed by atoms with van der Waals surface area (Å²) in [5.74, 6) is 0.991. The Bertz CT molecular complexity index is 465. The zero-order valence-corrected chi connectivity index (χ0v) is 12.5. The molecule has 0 radical (unpaired) electrons. The first-order valence-electron chi connectivity index (χ1n) is 7.21. The van der Waals surface area contributed by atoms with E-state index in [2.05, 4.69) is 10.6 Å². The first-order valence-corrected chi connectivity index (χ1v) is 7.21. The van der Waals surface area contributed by atoms with Crippen LogP contribution in [0.15, 0.2) is 24.3 Å². The number of carbonyl (C=O) groups is 1. The molecule has 0 saturated carbocycles. The molecule has 1 heterocycles. The minimum absolute atomic E-state index is 0.0673. The van der Waals surface area contributed by atoms with E-state index in [1.807, 2.05) is 38.1 Å². The van der Waals surface area contributed by atoms with Gasteiger partial charge in [0, 0.05) is 12.1 Å². The molecule has 1 aromatic rings. The summed E-state index contributed by atoms with van der Waals surface area (Å²) in [6.45, 7) is 5.81. The minimum atomic E-state index is -0.443. The highest BCUT2D eigenvalue weighted by Gasteiger charge is 2.29. The van der Waals surface area contributed by atoms with Crippen LogP contribution in [0, 0.1) is 5.92 Å². The highest BCUT2D eigenvalue weighted by Crippen LogP contribution is 2.29. The van der Waals surface area contributed by atoms with Crippen LogP contribution < -0.4 is 15.4 Å². The van der Waals surface area contributed by atoms with Gasteiger partial charge in [-0.2, -0.15) is 0 Å². The monoisotopic (exact) mass is 276 g/mol. The van der Waals surface area contributed by atoms with E-state index >= 15 is 0 Å². The molecular formula is C16H24N2O2. The van der Waals surface area contributed by atoms with E-state index in [0.717, 1.165) is 37.2 Å². The Morgan fingerprint density at radius 3 is 2.80 bits per heavy atom. The summed E-state index contributed by atoms with van der Waals surface area (Å²) in [5, 5.41) is 6.44. The molecule has 4 nitrogen and oxygen atoms in total. The number of rotatable bonds is 4. The average Bonchev–Trinajstić information content (AvgIpc) is 2.47. The lowest BCUT2D eigenvalue weighted by Crippen LogP contribution is -2.47. The van der Waals surface area contributed by atoms with Crippen molar-refractivity contribution in [3.05, 3.63) is 29.8 Å². The van der Waals surface area contributed by atoms with Gasteiger partial charge in [0.25, 0.3) is 0 Å². The number of carbonyl (C=O) groups excluding carboxylic acids is 1. The SMILES string of the molecule is COc1ccccc1C(C)(C)NC(=O)C1CCCNC1. The smallest absolute Gasteiger partial charge is 0.225 e. The number of methoxy groups -OCH3 is 1. The van der Waals surface area contributed by atoms with Crippen LogP contribution in [0.1, 0.15) is 32.3 Å². The Labute approximate surface area is 120 Å². The Morgan fingerprint density at radius 1 is 1.40 bits per heavy atom. The second-order valence-corrected chi connectivity index (χ2v) is 5.86. The molecule has 0 spiro atoms. The van der Waals surface area contributed by atoms with Crippen molar-refractivity contribution in [1.82, 2.24) is 10.6 Å². The van der Waals surface area contributed by atoms with Gasteiger partial charge in [0.15, 0.2) is 0 Å². The van der Waals surface area contributed by atoms with Gasteiger partial charge >= 0.3 is 0 Å². The summed E-state index contributed by atoms with van der Waals surface area (Å²) in [7, 11) is 1.65. The minimum Gasteiger partial charge on any atom is -0.496 e. The molecule has 110 valence electrons. The van der Waals surface area contributed by atoms with Gasteiger partial charge in [-0.25, -0.2) is 0 Å². The summed E-state index contributed by atoms with van der Waals surface area (Å²) in [6, 6.07) is 7.82. The molecule has 0 aromatic heterocycles. The van der Waals surface area contributed by atoms with E-state index in [-0.39, 0.29) is 11.8 Å². The lowest BCUT2D eigenvalue weighted by atomic mass is 9.91. The van der Waals surface area contributed by atoms with Crippen LogP contribution in [-0.4, -0.2) is 26.1 Å². The van der Waals surface area contributed by atoms with Crippen LogP contribution >= 0.6 is 0 Å². The van der Waals surface area contributed by atoms with Crippen molar-refractivity contribution >= 4 is 5.91 Å². The van der Waals surface area contributed by atoms with Crippen LogP contribution in [0.25, 0.3) is 0 Å². The lowest BCUT2D eigenvalue weighted by molar-refractivity contribution is -0.127. The van der Waals surface area contributed by atoms with Crippen LogP contribution in [-0.2, 0) is 10.3 Å². The summed E-state index contributed by atoms with van der Waals surface area (Å²) in [6.07, 6.45) is 2.02. The normalized spacial score (nSPS) is 19.4. The number of piperidine rings is 1. The van der Waals surface area contributed by atoms with Crippen LogP contribution in [0.4, 0.5) is 0 Å². The second kappa shape index (κ2) is 6.27. The van der Waals surface area contributed by atoms with Gasteiger partial charge < -0.3 is 15.4 Å². The largest absolute Gasteiger partial charge is 0.496 e. The topological polar surface area (TPSA) is 50.4 Å². The Morgan fingerprint density at radius 2 is 2.15 bits per heavy atom. The predicted octanol–water partition coefficient (Wildman–Crippen LogP) is 2.05. The van der Waals surface area contributed by atoms with E-state index in [1.165, 1.54) is 0 Å². The number of hydrogen-bond donors (Lipinski definition) is 2. The van der Waals surface area contributed by atoms with Gasteiger partial charge in [0.1, 0.15) is 5.75 Å². The van der Waals surface area contributed by atoms with E-state index in [4.69, 9.17) is 4.74 Å². The van der Waals surface area contributed by atoms with Crippen molar-refractivity contribution in [3.8, 4) is 5.75 Å². The second-order valence-electron chi connectivity index (χ2n) is 5.86. The quantitative estimate of drug-likeness (QED) is 0.885. The standard InChI is InChI=1S/C16H24N2O2/c1-16(2,13-8-4-5-9-14(13)20-3)18-15(19)12-7-6-10-17-11-12/h4-5,8-9,12,17H,6-7,10-11H2,1-3H3,(H,18,19). The van der Waals surface area contributed by atoms with E-state index in [9.17, 15) is 4.79 Å². The molecule has 0 aliphatic carbocycles. The molecule has 1 aliphatic rings. The molecule has 1 amide bonds. The van der Waals surface area contributed by atoms with Gasteiger partial charge in [-0.3, -0.25) is 4.79 Å². The summed E-state index contributed by atoms with van der Waals surface area (Å²) < 4.78 is 5.40. The fourth-order valence-corrected chi connectivity index (χ4v) is 2.71. The molecule has 2 rings (SSSR count). The van der Waals surface area contributed by atoms with Crippen molar-refractivity contribution < 1.29 is 9.53 Å². The van der Waals surface area contributed by atoms with Gasteiger partial charge in [0.05, 0.1) is 18.6 Å². The molecule has 0 bridgehead atoms. The average molecular weight is 276 g/mol. The van der Waals surface area contributed by atoms with Gasteiger partial charge in [-0.05, 0) is 39.3 Å². The van der Waals surface area contributed by atoms with Crippen molar-refractivity contribution in [2.24, 2.45) is 5.92 Å². The first kappa shape index (κ1) is 14.9. The third-order valence-electron chi connectivity index (χ3n) is 3.88. The Hall–Kier alpha value is -1.55. The fraction of sp³-hybridized carbons (Fsp3) is 0.562. The van der Waals surface area contributed by atoms with Gasteiger partial charge in [-0.1, -0.05) is 18.2 Å². The molecular weight excluding hydrogens is 252 g/mol. The number of hydrogen-bond acceptors (Lipinski definition) is 3. The first-order chi connectivity index (χ1) is 9.54. The molecule has 1 aliphatic heterocycles. The van der Waals surface area contributed by atoms with Crippen molar-refractivity contribution in [3.63, 3.8) is 0 Å². The molecule has 20 heavy (non-hydrogen) atoms. The van der Waals surface area contributed by atoms with Crippen molar-refractivity contribution in [1.29, 1.82) is 0 Å². The fourth-order valence-electron chi connectivity index (χ4n) is 2.71. The highest BCUT2D eigenvalue weighted by atomic mass is 16.5. The number of ether oxygens (including phenoxy) is 1. The number of para-hydroxylation sites is 1. The predicted molar refractivity (Wildman–Crippen MR) is 79.8 cm³/mol. The van der Waals surface area contributed by atoms with Gasteiger partial charge in [0.2, 0.25) is 5.91 Å². The number of nitrogens with one attached hydrogen (secondary N) is 2. The van der Waals surface area contributed by atoms with E-state index in [1.54, 1.807) is 7.11 Å². The highest BCUT2D eigenvalue weighted by molar-refractivity contribution is 5.80. The molecule has 4 heteroatoms. The van der Waals surface area contributed by atoms with Crippen LogP contribution in [0.2, 0.25) is 0 Å². The summed E-state index contributed by atoms with van der Waals surface area (Å²) >= 11 is 0. The Kier molecular flexibility index (Phi) is 4.65. The maximum absolute atomic E-state index is 12.4. The number of amides is 1. The zero-order valence-electron chi connectivity index (χ0n) is 12.5. The molecule has 1 unspecified atom stereocenters. The van der Waals surface area contributed by atoms with E-state index < -0.39 is 5.54 Å². The maximum atomic E-state index is 12.4. The van der Waals surface area contributed by atoms with Crippen LogP contribution in [0.5, 0.6) is 5.75 Å². The number of benzene rings is 1. The van der Waals surface area contributed by atoms with E-state index in [0.29, 0.717) is 0 Å². The van der Waals surface area contributed by atoms with Crippen LogP contribution in [0.3, 0.4) is 0 Å². The molecule has 1 atom stereocenters. The third-order valence-corrected chi connectivity index (χ3v) is 3.88. The van der Waals surface area contributed by atoms with Gasteiger partial charge in [-0.15, -0.1) is 0 Å². The van der Waals surface area contributed by atoms with Crippen molar-refractivity contribution in [2.45, 2.75) is 32.2 Å². The van der Waals surface area contributed by atoms with Crippen molar-refractivity contribution in [2.75, 3.05) is 20.2 Å². The summed E-state index contributed by atoms with van der Waals surface area (Å²) in [5.41, 5.74) is 0.556.